The maximum atomic E-state index is 11.9. The summed E-state index contributed by atoms with van der Waals surface area (Å²) >= 11 is 0. The van der Waals surface area contributed by atoms with E-state index in [9.17, 15) is 13.5 Å². The Bertz CT molecular complexity index is 1890. The Kier molecular flexibility index (Phi) is 16.2. The number of aromatic nitrogens is 3. The van der Waals surface area contributed by atoms with Crippen molar-refractivity contribution in [3.8, 4) is 17.2 Å². The molecular weight excluding hydrogens is 700 g/mol. The van der Waals surface area contributed by atoms with E-state index in [1.807, 2.05) is 56.4 Å². The quantitative estimate of drug-likeness (QED) is 0.103. The molecule has 9 N–H and O–H groups in total. The van der Waals surface area contributed by atoms with Crippen LogP contribution in [0.3, 0.4) is 0 Å². The van der Waals surface area contributed by atoms with Crippen LogP contribution in [-0.2, 0) is 16.4 Å². The number of rotatable bonds is 11. The average Bonchev–Trinajstić information content (AvgIpc) is 3.52. The van der Waals surface area contributed by atoms with E-state index in [2.05, 4.69) is 25.2 Å². The van der Waals surface area contributed by atoms with Crippen LogP contribution in [0.5, 0.6) is 17.2 Å². The number of benzene rings is 3. The molecule has 0 saturated heterocycles. The second-order valence-electron chi connectivity index (χ2n) is 10.8. The Balaban J connectivity index is 0.000000272. The van der Waals surface area contributed by atoms with Crippen molar-refractivity contribution in [2.24, 2.45) is 0 Å². The maximum Gasteiger partial charge on any atom is 0.263 e. The summed E-state index contributed by atoms with van der Waals surface area (Å²) in [4.78, 5) is 8.02. The van der Waals surface area contributed by atoms with Gasteiger partial charge in [-0.1, -0.05) is 35.5 Å². The van der Waals surface area contributed by atoms with Crippen molar-refractivity contribution < 1.29 is 32.3 Å². The second kappa shape index (κ2) is 19.8. The van der Waals surface area contributed by atoms with E-state index < -0.39 is 16.1 Å². The molecule has 2 aromatic heterocycles. The predicted octanol–water partition coefficient (Wildman–Crippen LogP) is 4.37. The summed E-state index contributed by atoms with van der Waals surface area (Å²) in [6, 6.07) is 20.8. The number of likely N-dealkylation sites (N-methyl/N-ethyl adjacent to an activating group) is 1. The monoisotopic (exact) mass is 744 g/mol. The van der Waals surface area contributed by atoms with Crippen LogP contribution in [0.2, 0.25) is 0 Å². The lowest BCUT2D eigenvalue weighted by molar-refractivity contribution is 0.140. The highest BCUT2D eigenvalue weighted by atomic mass is 35.5. The molecule has 0 aliphatic carbocycles. The Hall–Kier alpha value is -5.29. The molecule has 0 fully saturated rings. The number of anilines is 4. The predicted molar refractivity (Wildman–Crippen MR) is 200 cm³/mol. The fraction of sp³-hybridized carbons (Fsp3) is 0.265. The number of hydrogen-bond donors (Lipinski definition) is 6. The van der Waals surface area contributed by atoms with Gasteiger partial charge in [-0.05, 0) is 68.4 Å². The van der Waals surface area contributed by atoms with Gasteiger partial charge in [-0.3, -0.25) is 4.72 Å². The number of aryl methyl sites for hydroxylation is 1. The fourth-order valence-corrected chi connectivity index (χ4v) is 5.37. The number of nitrogens with one attached hydrogen (secondary N) is 2. The van der Waals surface area contributed by atoms with E-state index in [1.54, 1.807) is 34.4 Å². The summed E-state index contributed by atoms with van der Waals surface area (Å²) in [5.74, 6) is 2.91. The van der Waals surface area contributed by atoms with Crippen LogP contribution in [0.1, 0.15) is 35.5 Å². The fourth-order valence-electron chi connectivity index (χ4n) is 4.38. The first-order valence-corrected chi connectivity index (χ1v) is 16.7. The van der Waals surface area contributed by atoms with E-state index in [0.29, 0.717) is 40.9 Å². The molecule has 0 radical (unpaired) electrons. The molecule has 276 valence electrons. The first-order valence-electron chi connectivity index (χ1n) is 15.2. The van der Waals surface area contributed by atoms with Crippen LogP contribution < -0.4 is 41.5 Å². The zero-order valence-corrected chi connectivity index (χ0v) is 30.8. The topological polar surface area (TPSA) is 236 Å². The zero-order valence-electron chi connectivity index (χ0n) is 29.2. The van der Waals surface area contributed by atoms with Gasteiger partial charge in [0.05, 0.1) is 32.3 Å². The Morgan fingerprint density at radius 2 is 1.53 bits per heavy atom. The molecule has 0 spiro atoms. The summed E-state index contributed by atoms with van der Waals surface area (Å²) in [7, 11) is 2.90. The SMILES string of the molecule is CN[C@@H](C)[C@@H](O)c1ccccc1.COc1cc(Cc2cnc(N)nc2N)cc(OC)c1OC.Cc1cc(NS(=O)(=O)c2ccc(N)cc2)no1.Cl. The minimum atomic E-state index is -3.64. The highest BCUT2D eigenvalue weighted by Gasteiger charge is 2.17. The summed E-state index contributed by atoms with van der Waals surface area (Å²) in [5.41, 5.74) is 20.0. The molecule has 0 saturated carbocycles. The van der Waals surface area contributed by atoms with Crippen molar-refractivity contribution in [1.82, 2.24) is 20.4 Å². The van der Waals surface area contributed by atoms with Crippen molar-refractivity contribution in [3.05, 3.63) is 101 Å². The molecule has 0 aliphatic heterocycles. The molecule has 17 heteroatoms. The van der Waals surface area contributed by atoms with E-state index >= 15 is 0 Å². The summed E-state index contributed by atoms with van der Waals surface area (Å²) in [5, 5.41) is 16.3. The van der Waals surface area contributed by atoms with Gasteiger partial charge in [-0.25, -0.2) is 13.4 Å². The van der Waals surface area contributed by atoms with Gasteiger partial charge in [0.25, 0.3) is 10.0 Å². The highest BCUT2D eigenvalue weighted by molar-refractivity contribution is 7.92. The highest BCUT2D eigenvalue weighted by Crippen LogP contribution is 2.38. The van der Waals surface area contributed by atoms with Gasteiger partial charge in [0, 0.05) is 36.0 Å². The van der Waals surface area contributed by atoms with Crippen molar-refractivity contribution >= 4 is 45.7 Å². The van der Waals surface area contributed by atoms with Crippen molar-refractivity contribution in [2.75, 3.05) is 50.3 Å². The van der Waals surface area contributed by atoms with Gasteiger partial charge in [-0.15, -0.1) is 12.4 Å². The number of halogens is 1. The molecule has 5 rings (SSSR count). The van der Waals surface area contributed by atoms with E-state index in [4.69, 9.17) is 35.9 Å². The summed E-state index contributed by atoms with van der Waals surface area (Å²) < 4.78 is 46.8. The number of nitrogens with zero attached hydrogens (tertiary/aromatic N) is 3. The first kappa shape index (κ1) is 41.9. The zero-order chi connectivity index (χ0) is 36.8. The third kappa shape index (κ3) is 12.2. The van der Waals surface area contributed by atoms with Crippen LogP contribution in [0.15, 0.2) is 88.4 Å². The van der Waals surface area contributed by atoms with Crippen LogP contribution in [0.25, 0.3) is 0 Å². The molecular formula is C34H45ClN8O7S. The normalized spacial score (nSPS) is 11.7. The number of aliphatic hydroxyl groups excluding tert-OH is 1. The van der Waals surface area contributed by atoms with E-state index in [-0.39, 0.29) is 35.1 Å². The van der Waals surface area contributed by atoms with Crippen LogP contribution in [0, 0.1) is 6.92 Å². The van der Waals surface area contributed by atoms with Crippen molar-refractivity contribution in [1.29, 1.82) is 0 Å². The van der Waals surface area contributed by atoms with Crippen LogP contribution in [-0.4, -0.2) is 63.1 Å². The number of nitrogens with two attached hydrogens (primary N) is 3. The molecule has 2 atom stereocenters. The van der Waals surface area contributed by atoms with Gasteiger partial charge in [0.1, 0.15) is 11.6 Å². The Morgan fingerprint density at radius 3 is 2.02 bits per heavy atom. The van der Waals surface area contributed by atoms with Crippen molar-refractivity contribution in [3.63, 3.8) is 0 Å². The van der Waals surface area contributed by atoms with Gasteiger partial charge in [-0.2, -0.15) is 4.98 Å². The number of hydrogen-bond acceptors (Lipinski definition) is 14. The minimum absolute atomic E-state index is 0. The molecule has 5 aromatic rings. The number of aliphatic hydroxyl groups is 1. The first-order chi connectivity index (χ1) is 23.8. The molecule has 0 aliphatic rings. The lowest BCUT2D eigenvalue weighted by atomic mass is 10.0. The average molecular weight is 745 g/mol. The summed E-state index contributed by atoms with van der Waals surface area (Å²) in [6.45, 7) is 3.63. The standard InChI is InChI=1S/C14H18N4O3.C10H11N3O3S.C10H15NO.ClH/c1-19-10-5-8(6-11(20-2)12(10)21-3)4-9-7-17-14(16)18-13(9)15;1-7-6-10(12-16-7)13-17(14,15)9-4-2-8(11)3-5-9;1-8(11-2)10(12)9-6-4-3-5-7-9;/h5-7H,4H2,1-3H3,(H4,15,16,17,18);2-6H,11H2,1H3,(H,12,13);3-8,10-12H,1-2H3;1H/t;;8-,10+;/m..0./s1. The lowest BCUT2D eigenvalue weighted by Gasteiger charge is -2.17. The number of nitrogen functional groups attached to an aromatic ring is 3. The number of sulfonamides is 1. The minimum Gasteiger partial charge on any atom is -0.493 e. The third-order valence-electron chi connectivity index (χ3n) is 7.16. The second-order valence-corrected chi connectivity index (χ2v) is 12.5. The number of ether oxygens (including phenoxy) is 3. The Morgan fingerprint density at radius 1 is 0.922 bits per heavy atom. The van der Waals surface area contributed by atoms with Gasteiger partial charge < -0.3 is 46.4 Å². The van der Waals surface area contributed by atoms with Crippen molar-refractivity contribution in [2.45, 2.75) is 37.3 Å². The molecule has 2 heterocycles. The smallest absolute Gasteiger partial charge is 0.263 e. The molecule has 0 unspecified atom stereocenters. The van der Waals surface area contributed by atoms with Gasteiger partial charge in [0.15, 0.2) is 17.3 Å². The van der Waals surface area contributed by atoms with Gasteiger partial charge in [0.2, 0.25) is 11.7 Å². The van der Waals surface area contributed by atoms with E-state index in [1.165, 1.54) is 30.3 Å². The Labute approximate surface area is 304 Å². The number of methoxy groups -OCH3 is 3. The van der Waals surface area contributed by atoms with Crippen LogP contribution >= 0.6 is 12.4 Å². The van der Waals surface area contributed by atoms with Gasteiger partial charge >= 0.3 is 0 Å². The molecule has 0 amide bonds. The molecule has 51 heavy (non-hydrogen) atoms. The van der Waals surface area contributed by atoms with E-state index in [0.717, 1.165) is 16.7 Å². The van der Waals surface area contributed by atoms with Crippen LogP contribution in [0.4, 0.5) is 23.3 Å². The largest absolute Gasteiger partial charge is 0.493 e. The lowest BCUT2D eigenvalue weighted by Crippen LogP contribution is -2.28. The molecule has 15 nitrogen and oxygen atoms in total. The summed E-state index contributed by atoms with van der Waals surface area (Å²) in [6.07, 6.45) is 1.72. The molecule has 0 bridgehead atoms. The third-order valence-corrected chi connectivity index (χ3v) is 8.53. The molecule has 3 aromatic carbocycles. The maximum absolute atomic E-state index is 11.9.